The number of rotatable bonds is 3. The van der Waals surface area contributed by atoms with Gasteiger partial charge in [-0.3, -0.25) is 4.90 Å². The topological polar surface area (TPSA) is 29.3 Å². The van der Waals surface area contributed by atoms with E-state index in [1.165, 1.54) is 19.3 Å². The molecule has 1 aliphatic heterocycles. The number of hydrogen-bond acceptors (Lipinski definition) is 2. The second-order valence-electron chi connectivity index (χ2n) is 4.49. The smallest absolute Gasteiger partial charge is 0.0165 e. The van der Waals surface area contributed by atoms with Crippen LogP contribution in [-0.4, -0.2) is 29.6 Å². The van der Waals surface area contributed by atoms with E-state index in [9.17, 15) is 0 Å². The molecular formula is C11H24N2. The molecule has 0 aromatic rings. The van der Waals surface area contributed by atoms with Crippen LogP contribution in [-0.2, 0) is 0 Å². The summed E-state index contributed by atoms with van der Waals surface area (Å²) in [6.45, 7) is 7.92. The Morgan fingerprint density at radius 1 is 1.31 bits per heavy atom. The van der Waals surface area contributed by atoms with Crippen LogP contribution in [0.15, 0.2) is 0 Å². The first-order chi connectivity index (χ1) is 6.15. The Labute approximate surface area is 82.5 Å². The van der Waals surface area contributed by atoms with E-state index in [2.05, 4.69) is 25.7 Å². The average molecular weight is 184 g/mol. The Balaban J connectivity index is 2.43. The molecule has 2 nitrogen and oxygen atoms in total. The quantitative estimate of drug-likeness (QED) is 0.727. The molecule has 1 heterocycles. The van der Waals surface area contributed by atoms with Crippen LogP contribution in [0.2, 0.25) is 0 Å². The van der Waals surface area contributed by atoms with E-state index in [0.717, 1.165) is 25.0 Å². The maximum Gasteiger partial charge on any atom is 0.0165 e. The maximum absolute atomic E-state index is 5.99. The third kappa shape index (κ3) is 2.96. The van der Waals surface area contributed by atoms with Crippen molar-refractivity contribution in [1.29, 1.82) is 0 Å². The maximum atomic E-state index is 5.99. The summed E-state index contributed by atoms with van der Waals surface area (Å²) in [5.41, 5.74) is 5.99. The highest BCUT2D eigenvalue weighted by atomic mass is 15.2. The molecule has 0 aromatic carbocycles. The zero-order chi connectivity index (χ0) is 9.84. The van der Waals surface area contributed by atoms with Crippen molar-refractivity contribution in [2.75, 3.05) is 6.54 Å². The van der Waals surface area contributed by atoms with Crippen LogP contribution in [0, 0.1) is 0 Å². The van der Waals surface area contributed by atoms with Crippen LogP contribution >= 0.6 is 0 Å². The highest BCUT2D eigenvalue weighted by Gasteiger charge is 2.25. The van der Waals surface area contributed by atoms with E-state index in [4.69, 9.17) is 5.73 Å². The van der Waals surface area contributed by atoms with Crippen molar-refractivity contribution < 1.29 is 0 Å². The number of nitrogens with two attached hydrogens (primary N) is 1. The van der Waals surface area contributed by atoms with Gasteiger partial charge in [0.2, 0.25) is 0 Å². The van der Waals surface area contributed by atoms with Gasteiger partial charge in [0, 0.05) is 24.7 Å². The van der Waals surface area contributed by atoms with Gasteiger partial charge in [-0.25, -0.2) is 0 Å². The van der Waals surface area contributed by atoms with Crippen LogP contribution in [0.3, 0.4) is 0 Å². The van der Waals surface area contributed by atoms with E-state index in [1.54, 1.807) is 0 Å². The van der Waals surface area contributed by atoms with Crippen molar-refractivity contribution in [3.8, 4) is 0 Å². The summed E-state index contributed by atoms with van der Waals surface area (Å²) in [5, 5.41) is 0. The van der Waals surface area contributed by atoms with Gasteiger partial charge in [0.05, 0.1) is 0 Å². The molecule has 1 fully saturated rings. The van der Waals surface area contributed by atoms with Gasteiger partial charge in [0.1, 0.15) is 0 Å². The van der Waals surface area contributed by atoms with Gasteiger partial charge in [0.15, 0.2) is 0 Å². The Bertz CT molecular complexity index is 137. The number of nitrogens with zero attached hydrogens (tertiary/aromatic N) is 1. The summed E-state index contributed by atoms with van der Waals surface area (Å²) in [5.74, 6) is 0. The SMILES string of the molecule is CCC(N)CN1C(C)CCCC1C. The zero-order valence-electron chi connectivity index (χ0n) is 9.29. The fourth-order valence-corrected chi connectivity index (χ4v) is 2.23. The van der Waals surface area contributed by atoms with Crippen molar-refractivity contribution >= 4 is 0 Å². The van der Waals surface area contributed by atoms with Crippen LogP contribution in [0.25, 0.3) is 0 Å². The summed E-state index contributed by atoms with van der Waals surface area (Å²) >= 11 is 0. The van der Waals surface area contributed by atoms with E-state index in [-0.39, 0.29) is 0 Å². The molecule has 3 unspecified atom stereocenters. The molecule has 1 aliphatic rings. The number of piperidine rings is 1. The Morgan fingerprint density at radius 3 is 2.31 bits per heavy atom. The Hall–Kier alpha value is -0.0800. The largest absolute Gasteiger partial charge is 0.327 e. The minimum absolute atomic E-state index is 0.364. The minimum Gasteiger partial charge on any atom is -0.327 e. The summed E-state index contributed by atoms with van der Waals surface area (Å²) in [7, 11) is 0. The minimum atomic E-state index is 0.364. The molecule has 0 aliphatic carbocycles. The first-order valence-corrected chi connectivity index (χ1v) is 5.66. The standard InChI is InChI=1S/C11H24N2/c1-4-11(12)8-13-9(2)6-5-7-10(13)3/h9-11H,4-8,12H2,1-3H3. The lowest BCUT2D eigenvalue weighted by molar-refractivity contribution is 0.0956. The van der Waals surface area contributed by atoms with Gasteiger partial charge in [-0.2, -0.15) is 0 Å². The monoisotopic (exact) mass is 184 g/mol. The third-order valence-corrected chi connectivity index (χ3v) is 3.35. The van der Waals surface area contributed by atoms with Crippen molar-refractivity contribution in [2.45, 2.75) is 64.6 Å². The Kier molecular flexibility index (Phi) is 4.20. The molecule has 2 heteroatoms. The van der Waals surface area contributed by atoms with E-state index < -0.39 is 0 Å². The van der Waals surface area contributed by atoms with Crippen molar-refractivity contribution in [3.63, 3.8) is 0 Å². The van der Waals surface area contributed by atoms with Crippen LogP contribution < -0.4 is 5.73 Å². The Morgan fingerprint density at radius 2 is 1.85 bits per heavy atom. The summed E-state index contributed by atoms with van der Waals surface area (Å²) in [6, 6.07) is 1.84. The van der Waals surface area contributed by atoms with Crippen molar-refractivity contribution in [3.05, 3.63) is 0 Å². The van der Waals surface area contributed by atoms with Gasteiger partial charge in [-0.15, -0.1) is 0 Å². The molecule has 0 amide bonds. The van der Waals surface area contributed by atoms with E-state index in [1.807, 2.05) is 0 Å². The molecule has 0 saturated carbocycles. The highest BCUT2D eigenvalue weighted by Crippen LogP contribution is 2.22. The predicted molar refractivity (Wildman–Crippen MR) is 57.7 cm³/mol. The molecule has 1 rings (SSSR count). The normalized spacial score (nSPS) is 33.2. The molecule has 0 bridgehead atoms. The lowest BCUT2D eigenvalue weighted by Gasteiger charge is -2.40. The fourth-order valence-electron chi connectivity index (χ4n) is 2.23. The molecular weight excluding hydrogens is 160 g/mol. The molecule has 3 atom stereocenters. The van der Waals surface area contributed by atoms with Gasteiger partial charge in [-0.1, -0.05) is 13.3 Å². The number of likely N-dealkylation sites (tertiary alicyclic amines) is 1. The van der Waals surface area contributed by atoms with Gasteiger partial charge >= 0.3 is 0 Å². The molecule has 2 N–H and O–H groups in total. The van der Waals surface area contributed by atoms with Crippen LogP contribution in [0.1, 0.15) is 46.5 Å². The van der Waals surface area contributed by atoms with Crippen LogP contribution in [0.4, 0.5) is 0 Å². The van der Waals surface area contributed by atoms with Gasteiger partial charge in [0.25, 0.3) is 0 Å². The second-order valence-corrected chi connectivity index (χ2v) is 4.49. The average Bonchev–Trinajstić information content (AvgIpc) is 2.11. The zero-order valence-corrected chi connectivity index (χ0v) is 9.29. The molecule has 0 aromatic heterocycles. The second kappa shape index (κ2) is 4.97. The highest BCUT2D eigenvalue weighted by molar-refractivity contribution is 4.81. The van der Waals surface area contributed by atoms with Crippen molar-refractivity contribution in [2.24, 2.45) is 5.73 Å². The third-order valence-electron chi connectivity index (χ3n) is 3.35. The lowest BCUT2D eigenvalue weighted by atomic mass is 9.96. The van der Waals surface area contributed by atoms with E-state index in [0.29, 0.717) is 6.04 Å². The van der Waals surface area contributed by atoms with Gasteiger partial charge in [-0.05, 0) is 33.1 Å². The summed E-state index contributed by atoms with van der Waals surface area (Å²) in [4.78, 5) is 2.58. The number of hydrogen-bond donors (Lipinski definition) is 1. The first-order valence-electron chi connectivity index (χ1n) is 5.66. The fraction of sp³-hybridized carbons (Fsp3) is 1.00. The molecule has 78 valence electrons. The summed E-state index contributed by atoms with van der Waals surface area (Å²) < 4.78 is 0. The summed E-state index contributed by atoms with van der Waals surface area (Å²) in [6.07, 6.45) is 5.18. The molecule has 0 spiro atoms. The molecule has 1 saturated heterocycles. The predicted octanol–water partition coefficient (Wildman–Crippen LogP) is 1.99. The van der Waals surface area contributed by atoms with Gasteiger partial charge < -0.3 is 5.73 Å². The molecule has 13 heavy (non-hydrogen) atoms. The molecule has 0 radical (unpaired) electrons. The van der Waals surface area contributed by atoms with Crippen LogP contribution in [0.5, 0.6) is 0 Å². The van der Waals surface area contributed by atoms with Crippen molar-refractivity contribution in [1.82, 2.24) is 4.90 Å². The lowest BCUT2D eigenvalue weighted by Crippen LogP contribution is -2.49. The van der Waals surface area contributed by atoms with E-state index >= 15 is 0 Å². The first kappa shape index (κ1) is 11.0.